The zero-order valence-electron chi connectivity index (χ0n) is 17.6. The first-order valence-electron chi connectivity index (χ1n) is 10.8. The third-order valence-electron chi connectivity index (χ3n) is 6.54. The van der Waals surface area contributed by atoms with Crippen molar-refractivity contribution in [3.8, 4) is 11.3 Å². The molecule has 30 heavy (non-hydrogen) atoms. The zero-order valence-corrected chi connectivity index (χ0v) is 17.6. The highest BCUT2D eigenvalue weighted by Gasteiger charge is 2.32. The highest BCUT2D eigenvalue weighted by Crippen LogP contribution is 2.37. The van der Waals surface area contributed by atoms with Crippen molar-refractivity contribution < 1.29 is 9.13 Å². The Labute approximate surface area is 177 Å². The molecule has 1 atom stereocenters. The molecule has 0 bridgehead atoms. The van der Waals surface area contributed by atoms with Crippen LogP contribution in [0.5, 0.6) is 0 Å². The number of halogens is 1. The first kappa shape index (κ1) is 19.5. The molecule has 1 aromatic heterocycles. The molecule has 4 nitrogen and oxygen atoms in total. The smallest absolute Gasteiger partial charge is 0.143 e. The molecule has 2 aromatic carbocycles. The maximum absolute atomic E-state index is 13.4. The van der Waals surface area contributed by atoms with Gasteiger partial charge in [-0.05, 0) is 68.6 Å². The van der Waals surface area contributed by atoms with E-state index in [0.29, 0.717) is 0 Å². The first-order chi connectivity index (χ1) is 14.6. The normalized spacial score (nSPS) is 19.9. The Morgan fingerprint density at radius 1 is 1.00 bits per heavy atom. The molecule has 156 valence electrons. The lowest BCUT2D eigenvalue weighted by molar-refractivity contribution is -0.0276. The molecule has 2 aliphatic heterocycles. The number of benzene rings is 2. The minimum atomic E-state index is -0.227. The Hall–Kier alpha value is -2.50. The third kappa shape index (κ3) is 3.57. The summed E-state index contributed by atoms with van der Waals surface area (Å²) >= 11 is 0. The van der Waals surface area contributed by atoms with E-state index in [1.54, 1.807) is 0 Å². The van der Waals surface area contributed by atoms with Gasteiger partial charge in [0.2, 0.25) is 0 Å². The van der Waals surface area contributed by atoms with Crippen molar-refractivity contribution in [3.05, 3.63) is 77.0 Å². The predicted molar refractivity (Wildman–Crippen MR) is 116 cm³/mol. The van der Waals surface area contributed by atoms with Gasteiger partial charge >= 0.3 is 0 Å². The summed E-state index contributed by atoms with van der Waals surface area (Å²) in [6.45, 7) is 5.11. The van der Waals surface area contributed by atoms with Gasteiger partial charge in [0.25, 0.3) is 0 Å². The number of hydrogen-bond acceptors (Lipinski definition) is 3. The molecular formula is C25H28FN3O. The van der Waals surface area contributed by atoms with Crippen LogP contribution < -0.4 is 0 Å². The SMILES string of the molecule is Cc1c(-c2ccc(F)cc2)nc2n1CCc1ccccc1C2OC1CCN(C)CC1. The van der Waals surface area contributed by atoms with Gasteiger partial charge in [-0.2, -0.15) is 0 Å². The van der Waals surface area contributed by atoms with Crippen LogP contribution in [0.2, 0.25) is 0 Å². The van der Waals surface area contributed by atoms with Crippen molar-refractivity contribution >= 4 is 0 Å². The van der Waals surface area contributed by atoms with E-state index in [1.165, 1.54) is 23.3 Å². The molecule has 0 spiro atoms. The lowest BCUT2D eigenvalue weighted by Gasteiger charge is -2.32. The van der Waals surface area contributed by atoms with Gasteiger partial charge in [-0.15, -0.1) is 0 Å². The molecule has 0 radical (unpaired) electrons. The molecule has 5 rings (SSSR count). The van der Waals surface area contributed by atoms with Gasteiger partial charge in [-0.25, -0.2) is 9.37 Å². The lowest BCUT2D eigenvalue weighted by Crippen LogP contribution is -2.35. The minimum Gasteiger partial charge on any atom is -0.362 e. The summed E-state index contributed by atoms with van der Waals surface area (Å²) in [6.07, 6.45) is 3.10. The third-order valence-corrected chi connectivity index (χ3v) is 6.54. The molecule has 0 amide bonds. The van der Waals surface area contributed by atoms with Crippen LogP contribution in [0.1, 0.15) is 41.6 Å². The molecule has 3 aromatic rings. The molecule has 1 saturated heterocycles. The Bertz CT molecular complexity index is 1040. The molecule has 0 saturated carbocycles. The molecule has 1 unspecified atom stereocenters. The highest BCUT2D eigenvalue weighted by molar-refractivity contribution is 5.62. The van der Waals surface area contributed by atoms with E-state index in [4.69, 9.17) is 9.72 Å². The van der Waals surface area contributed by atoms with Crippen LogP contribution >= 0.6 is 0 Å². The van der Waals surface area contributed by atoms with Gasteiger partial charge in [0.1, 0.15) is 17.7 Å². The summed E-state index contributed by atoms with van der Waals surface area (Å²) in [5.74, 6) is 0.741. The highest BCUT2D eigenvalue weighted by atomic mass is 19.1. The van der Waals surface area contributed by atoms with E-state index in [2.05, 4.69) is 47.7 Å². The van der Waals surface area contributed by atoms with Crippen molar-refractivity contribution in [1.82, 2.24) is 14.5 Å². The van der Waals surface area contributed by atoms with E-state index in [9.17, 15) is 4.39 Å². The van der Waals surface area contributed by atoms with Crippen molar-refractivity contribution in [3.63, 3.8) is 0 Å². The van der Waals surface area contributed by atoms with Crippen LogP contribution in [0.4, 0.5) is 4.39 Å². The fourth-order valence-corrected chi connectivity index (χ4v) is 4.76. The van der Waals surface area contributed by atoms with Crippen LogP contribution in [0.25, 0.3) is 11.3 Å². The number of ether oxygens (including phenoxy) is 1. The number of hydrogen-bond donors (Lipinski definition) is 0. The number of rotatable bonds is 3. The molecular weight excluding hydrogens is 377 g/mol. The lowest BCUT2D eigenvalue weighted by atomic mass is 10.00. The van der Waals surface area contributed by atoms with Crippen molar-refractivity contribution in [1.29, 1.82) is 0 Å². The second-order valence-electron chi connectivity index (χ2n) is 8.53. The topological polar surface area (TPSA) is 30.3 Å². The van der Waals surface area contributed by atoms with Gasteiger partial charge in [-0.3, -0.25) is 0 Å². The number of fused-ring (bicyclic) bond motifs is 2. The minimum absolute atomic E-state index is 0.176. The Kier molecular flexibility index (Phi) is 5.17. The van der Waals surface area contributed by atoms with Crippen LogP contribution in [-0.2, 0) is 17.7 Å². The van der Waals surface area contributed by atoms with Crippen LogP contribution in [0.15, 0.2) is 48.5 Å². The van der Waals surface area contributed by atoms with Gasteiger partial charge < -0.3 is 14.2 Å². The van der Waals surface area contributed by atoms with Gasteiger partial charge in [0, 0.05) is 30.9 Å². The van der Waals surface area contributed by atoms with Crippen LogP contribution in [0, 0.1) is 12.7 Å². The molecule has 0 N–H and O–H groups in total. The number of likely N-dealkylation sites (tertiary alicyclic amines) is 1. The van der Waals surface area contributed by atoms with E-state index in [1.807, 2.05) is 12.1 Å². The van der Waals surface area contributed by atoms with Crippen molar-refractivity contribution in [2.45, 2.75) is 44.9 Å². The fourth-order valence-electron chi connectivity index (χ4n) is 4.76. The van der Waals surface area contributed by atoms with Gasteiger partial charge in [0.15, 0.2) is 0 Å². The summed E-state index contributed by atoms with van der Waals surface area (Å²) in [5.41, 5.74) is 5.54. The van der Waals surface area contributed by atoms with Gasteiger partial charge in [0.05, 0.1) is 11.8 Å². The molecule has 2 aliphatic rings. The second kappa shape index (κ2) is 7.97. The summed E-state index contributed by atoms with van der Waals surface area (Å²) in [6, 6.07) is 15.2. The summed E-state index contributed by atoms with van der Waals surface area (Å²) in [4.78, 5) is 7.44. The van der Waals surface area contributed by atoms with Crippen LogP contribution in [0.3, 0.4) is 0 Å². The van der Waals surface area contributed by atoms with E-state index < -0.39 is 0 Å². The Balaban J connectivity index is 1.57. The first-order valence-corrected chi connectivity index (χ1v) is 10.8. The summed E-state index contributed by atoms with van der Waals surface area (Å²) in [5, 5.41) is 0. The maximum atomic E-state index is 13.4. The fraction of sp³-hybridized carbons (Fsp3) is 0.400. The van der Waals surface area contributed by atoms with Crippen molar-refractivity contribution in [2.24, 2.45) is 0 Å². The van der Waals surface area contributed by atoms with E-state index in [-0.39, 0.29) is 18.0 Å². The predicted octanol–water partition coefficient (Wildman–Crippen LogP) is 4.75. The molecule has 1 fully saturated rings. The van der Waals surface area contributed by atoms with Crippen LogP contribution in [-0.4, -0.2) is 40.7 Å². The number of piperidine rings is 1. The summed E-state index contributed by atoms with van der Waals surface area (Å²) < 4.78 is 22.5. The number of aryl methyl sites for hydroxylation is 1. The quantitative estimate of drug-likeness (QED) is 0.630. The van der Waals surface area contributed by atoms with E-state index in [0.717, 1.165) is 61.7 Å². The standard InChI is InChI=1S/C25H28FN3O/c1-17-23(19-7-9-20(26)10-8-19)27-25-24(30-21-12-14-28(2)15-13-21)22-6-4-3-5-18(22)11-16-29(17)25/h3-10,21,24H,11-16H2,1-2H3. The second-order valence-corrected chi connectivity index (χ2v) is 8.53. The zero-order chi connectivity index (χ0) is 20.7. The average molecular weight is 406 g/mol. The molecule has 0 aliphatic carbocycles. The number of nitrogens with zero attached hydrogens (tertiary/aromatic N) is 3. The number of aromatic nitrogens is 2. The monoisotopic (exact) mass is 405 g/mol. The maximum Gasteiger partial charge on any atom is 0.143 e. The van der Waals surface area contributed by atoms with Crippen molar-refractivity contribution in [2.75, 3.05) is 20.1 Å². The Morgan fingerprint density at radius 2 is 1.73 bits per heavy atom. The van der Waals surface area contributed by atoms with Gasteiger partial charge in [-0.1, -0.05) is 24.3 Å². The molecule has 3 heterocycles. The summed E-state index contributed by atoms with van der Waals surface area (Å²) in [7, 11) is 2.17. The largest absolute Gasteiger partial charge is 0.362 e. The number of imidazole rings is 1. The average Bonchev–Trinajstić information content (AvgIpc) is 3.00. The molecule has 5 heteroatoms. The Morgan fingerprint density at radius 3 is 2.50 bits per heavy atom. The van der Waals surface area contributed by atoms with E-state index >= 15 is 0 Å².